The molecule has 9 rings (SSSR count). The molecule has 0 spiro atoms. The fourth-order valence-corrected chi connectivity index (χ4v) is 14.4. The first kappa shape index (κ1) is 43.0. The molecule has 8 fully saturated rings. The molecule has 334 valence electrons. The molecule has 5 aliphatic carbocycles. The van der Waals surface area contributed by atoms with Crippen LogP contribution >= 0.6 is 0 Å². The number of nitrogens with zero attached hydrogens (tertiary/aromatic N) is 1. The molecule has 0 radical (unpaired) electrons. The number of rotatable bonds is 8. The van der Waals surface area contributed by atoms with Crippen LogP contribution in [0.4, 0.5) is 0 Å². The van der Waals surface area contributed by atoms with Crippen LogP contribution in [0.15, 0.2) is 11.6 Å². The van der Waals surface area contributed by atoms with E-state index in [2.05, 4.69) is 25.7 Å². The Morgan fingerprint density at radius 1 is 0.746 bits per heavy atom. The normalized spacial score (nSPS) is 52.3. The van der Waals surface area contributed by atoms with Gasteiger partial charge in [-0.15, -0.1) is 0 Å². The molecule has 4 N–H and O–H groups in total. The van der Waals surface area contributed by atoms with E-state index in [-0.39, 0.29) is 60.8 Å². The lowest BCUT2D eigenvalue weighted by Gasteiger charge is -2.65. The molecule has 0 aromatic rings. The second kappa shape index (κ2) is 16.7. The van der Waals surface area contributed by atoms with Gasteiger partial charge in [-0.25, -0.2) is 4.79 Å². The number of cyclic esters (lactones) is 1. The molecule has 5 saturated carbocycles. The molecule has 59 heavy (non-hydrogen) atoms. The monoisotopic (exact) mass is 832 g/mol. The molecular formula is C46H73NO12. The van der Waals surface area contributed by atoms with Crippen LogP contribution in [0.25, 0.3) is 0 Å². The maximum absolute atomic E-state index is 12.6. The highest BCUT2D eigenvalue weighted by atomic mass is 16.7. The average Bonchev–Trinajstić information content (AvgIpc) is 3.91. The van der Waals surface area contributed by atoms with Gasteiger partial charge in [-0.2, -0.15) is 0 Å². The molecule has 0 amide bonds. The minimum absolute atomic E-state index is 0.0168. The fourth-order valence-electron chi connectivity index (χ4n) is 14.4. The third kappa shape index (κ3) is 7.80. The maximum Gasteiger partial charge on any atom is 0.331 e. The number of aliphatic hydroxyl groups excluding tert-OH is 3. The van der Waals surface area contributed by atoms with Crippen molar-refractivity contribution >= 4 is 5.97 Å². The second-order valence-corrected chi connectivity index (χ2v) is 20.8. The quantitative estimate of drug-likeness (QED) is 0.196. The van der Waals surface area contributed by atoms with Gasteiger partial charge in [-0.1, -0.05) is 26.7 Å². The Kier molecular flexibility index (Phi) is 12.2. The standard InChI is InChI=1S/C46H73NO12/c1-25-23-47(30-8-6-7-9-30)17-14-39(54-25)58-42-26(2)56-41(22-36(42)49)59-43-27(3)55-40(21-35(43)48)57-31-12-15-44(4)29(19-31)10-11-33-34(44)20-37(50)45(5)32(13-16-46(33,45)52)28-18-38(51)53-24-28/h18,25-27,29-37,39-43,48-50,52H,6-17,19-24H2,1-5H3/t25?,26-,27-,29-,31+,32-,33-,34+,35+,36+,37-,39?,40-,41+,42-,43+,44+,45+,46+/m1/s1. The van der Waals surface area contributed by atoms with E-state index in [1.807, 2.05) is 13.8 Å². The molecular weight excluding hydrogens is 759 g/mol. The van der Waals surface area contributed by atoms with Gasteiger partial charge in [0.15, 0.2) is 18.9 Å². The molecule has 4 heterocycles. The van der Waals surface area contributed by atoms with Gasteiger partial charge in [0.1, 0.15) is 18.8 Å². The van der Waals surface area contributed by atoms with Gasteiger partial charge in [0.05, 0.1) is 48.3 Å². The van der Waals surface area contributed by atoms with Crippen LogP contribution in [0.3, 0.4) is 0 Å². The molecule has 19 atom stereocenters. The van der Waals surface area contributed by atoms with Crippen LogP contribution in [0.5, 0.6) is 0 Å². The predicted molar refractivity (Wildman–Crippen MR) is 214 cm³/mol. The van der Waals surface area contributed by atoms with Crippen molar-refractivity contribution < 1.29 is 58.4 Å². The number of carbonyl (C=O) groups excluding carboxylic acids is 1. The summed E-state index contributed by atoms with van der Waals surface area (Å²) in [5.41, 5.74) is -0.830. The van der Waals surface area contributed by atoms with Crippen molar-refractivity contribution in [3.63, 3.8) is 0 Å². The zero-order valence-electron chi connectivity index (χ0n) is 36.1. The van der Waals surface area contributed by atoms with Crippen molar-refractivity contribution in [2.45, 2.75) is 216 Å². The van der Waals surface area contributed by atoms with Gasteiger partial charge in [0.2, 0.25) is 0 Å². The Hall–Kier alpha value is -1.23. The molecule has 4 aliphatic heterocycles. The van der Waals surface area contributed by atoms with Crippen LogP contribution in [0, 0.1) is 34.5 Å². The number of hydrogen-bond acceptors (Lipinski definition) is 13. The lowest BCUT2D eigenvalue weighted by atomic mass is 9.42. The Bertz CT molecular complexity index is 1520. The Balaban J connectivity index is 0.757. The van der Waals surface area contributed by atoms with Crippen molar-refractivity contribution in [3.05, 3.63) is 11.6 Å². The molecule has 13 nitrogen and oxygen atoms in total. The number of ether oxygens (including phenoxy) is 7. The van der Waals surface area contributed by atoms with Gasteiger partial charge in [-0.05, 0) is 120 Å². The van der Waals surface area contributed by atoms with Crippen molar-refractivity contribution in [1.82, 2.24) is 4.90 Å². The number of carbonyl (C=O) groups is 1. The van der Waals surface area contributed by atoms with E-state index in [9.17, 15) is 25.2 Å². The zero-order chi connectivity index (χ0) is 41.4. The minimum atomic E-state index is -0.998. The van der Waals surface area contributed by atoms with Crippen LogP contribution in [-0.2, 0) is 38.0 Å². The van der Waals surface area contributed by atoms with E-state index in [1.165, 1.54) is 25.7 Å². The van der Waals surface area contributed by atoms with Gasteiger partial charge in [0, 0.05) is 49.9 Å². The van der Waals surface area contributed by atoms with Crippen LogP contribution in [-0.4, -0.2) is 136 Å². The highest BCUT2D eigenvalue weighted by molar-refractivity contribution is 5.85. The number of aliphatic hydroxyl groups is 4. The van der Waals surface area contributed by atoms with Crippen molar-refractivity contribution in [1.29, 1.82) is 0 Å². The van der Waals surface area contributed by atoms with Crippen molar-refractivity contribution in [2.24, 2.45) is 34.5 Å². The highest BCUT2D eigenvalue weighted by Gasteiger charge is 2.71. The summed E-state index contributed by atoms with van der Waals surface area (Å²) >= 11 is 0. The summed E-state index contributed by atoms with van der Waals surface area (Å²) in [6.45, 7) is 12.4. The first-order valence-corrected chi connectivity index (χ1v) is 23.5. The van der Waals surface area contributed by atoms with Crippen molar-refractivity contribution in [3.8, 4) is 0 Å². The molecule has 13 heteroatoms. The second-order valence-electron chi connectivity index (χ2n) is 20.8. The van der Waals surface area contributed by atoms with E-state index >= 15 is 0 Å². The zero-order valence-corrected chi connectivity index (χ0v) is 36.1. The van der Waals surface area contributed by atoms with Gasteiger partial charge in [0.25, 0.3) is 0 Å². The SMILES string of the molecule is CC1CN(C2CCCC2)CCC(O[C@H]2[C@@H](O)C[C@H](O[C@@H]3[C@@H](O)C[C@@H](O[C@H]4CC[C@@]5(C)[C@H](CC[C@@H]6[C@@H]5C[C@@H](O)[C@]5(C)[C@@H](C7=CC(=O)OC7)CC[C@]65O)C4)O[C@@H]3C)O[C@@H]2C)O1. The molecule has 2 unspecified atom stereocenters. The Labute approximate surface area is 350 Å². The third-order valence-electron chi connectivity index (χ3n) is 17.6. The van der Waals surface area contributed by atoms with Gasteiger partial charge in [-0.3, -0.25) is 4.90 Å². The molecule has 9 aliphatic rings. The summed E-state index contributed by atoms with van der Waals surface area (Å²) in [5.74, 6) is 0.286. The summed E-state index contributed by atoms with van der Waals surface area (Å²) in [6, 6.07) is 0.632. The Morgan fingerprint density at radius 2 is 1.42 bits per heavy atom. The van der Waals surface area contributed by atoms with Crippen LogP contribution < -0.4 is 0 Å². The van der Waals surface area contributed by atoms with Gasteiger partial charge >= 0.3 is 5.97 Å². The molecule has 0 aromatic carbocycles. The van der Waals surface area contributed by atoms with E-state index in [1.54, 1.807) is 6.08 Å². The number of esters is 1. The average molecular weight is 832 g/mol. The topological polar surface area (TPSA) is 166 Å². The summed E-state index contributed by atoms with van der Waals surface area (Å²) < 4.78 is 43.6. The number of hydrogen-bond donors (Lipinski definition) is 4. The first-order chi connectivity index (χ1) is 28.2. The van der Waals surface area contributed by atoms with E-state index in [4.69, 9.17) is 33.2 Å². The Morgan fingerprint density at radius 3 is 2.08 bits per heavy atom. The largest absolute Gasteiger partial charge is 0.458 e. The van der Waals surface area contributed by atoms with E-state index in [0.717, 1.165) is 63.6 Å². The van der Waals surface area contributed by atoms with E-state index in [0.29, 0.717) is 24.8 Å². The summed E-state index contributed by atoms with van der Waals surface area (Å²) in [5, 5.41) is 47.2. The fraction of sp³-hybridized carbons (Fsp3) is 0.935. The van der Waals surface area contributed by atoms with E-state index < -0.39 is 72.6 Å². The molecule has 3 saturated heterocycles. The van der Waals surface area contributed by atoms with Gasteiger partial charge < -0.3 is 53.6 Å². The molecule has 0 bridgehead atoms. The van der Waals surface area contributed by atoms with Crippen molar-refractivity contribution in [2.75, 3.05) is 19.7 Å². The first-order valence-electron chi connectivity index (χ1n) is 23.5. The number of fused-ring (bicyclic) bond motifs is 5. The molecule has 0 aromatic heterocycles. The summed E-state index contributed by atoms with van der Waals surface area (Å²) in [6.07, 6.45) is 8.45. The minimum Gasteiger partial charge on any atom is -0.458 e. The summed E-state index contributed by atoms with van der Waals surface area (Å²) in [4.78, 5) is 14.5. The smallest absolute Gasteiger partial charge is 0.331 e. The third-order valence-corrected chi connectivity index (χ3v) is 17.6. The maximum atomic E-state index is 12.6. The van der Waals surface area contributed by atoms with Crippen LogP contribution in [0.2, 0.25) is 0 Å². The predicted octanol–water partition coefficient (Wildman–Crippen LogP) is 4.74. The summed E-state index contributed by atoms with van der Waals surface area (Å²) in [7, 11) is 0. The lowest BCUT2D eigenvalue weighted by Crippen LogP contribution is -2.67. The van der Waals surface area contributed by atoms with Crippen LogP contribution in [0.1, 0.15) is 131 Å². The highest BCUT2D eigenvalue weighted by Crippen LogP contribution is 2.70. The lowest BCUT2D eigenvalue weighted by molar-refractivity contribution is -0.329.